The standard InChI is InChI=1S/C14H21N3O4/c1-9(2)6-11(14(20)21-3)16-12(18)8-17-7-10(15)4-5-13(17)19/h4-5,7,9,11H,6,8,15H2,1-3H3,(H,16,18). The van der Waals surface area contributed by atoms with Crippen molar-refractivity contribution in [2.45, 2.75) is 32.9 Å². The minimum atomic E-state index is -0.723. The first-order valence-corrected chi connectivity index (χ1v) is 6.66. The molecule has 1 aromatic rings. The molecule has 7 heteroatoms. The molecule has 0 saturated carbocycles. The largest absolute Gasteiger partial charge is 0.467 e. The Labute approximate surface area is 123 Å². The Morgan fingerprint density at radius 1 is 1.38 bits per heavy atom. The molecule has 1 amide bonds. The van der Waals surface area contributed by atoms with E-state index < -0.39 is 17.9 Å². The summed E-state index contributed by atoms with van der Waals surface area (Å²) in [5, 5.41) is 2.58. The zero-order valence-corrected chi connectivity index (χ0v) is 12.5. The first-order valence-electron chi connectivity index (χ1n) is 6.66. The van der Waals surface area contributed by atoms with Crippen LogP contribution in [0.25, 0.3) is 0 Å². The molecule has 0 bridgehead atoms. The first kappa shape index (κ1) is 16.7. The number of nitrogens with zero attached hydrogens (tertiary/aromatic N) is 1. The van der Waals surface area contributed by atoms with Gasteiger partial charge in [0.2, 0.25) is 5.91 Å². The highest BCUT2D eigenvalue weighted by molar-refractivity contribution is 5.84. The molecule has 0 aromatic carbocycles. The summed E-state index contributed by atoms with van der Waals surface area (Å²) in [7, 11) is 1.27. The number of anilines is 1. The van der Waals surface area contributed by atoms with E-state index >= 15 is 0 Å². The number of methoxy groups -OCH3 is 1. The molecule has 0 spiro atoms. The number of aromatic nitrogens is 1. The van der Waals surface area contributed by atoms with E-state index in [2.05, 4.69) is 10.1 Å². The molecule has 7 nitrogen and oxygen atoms in total. The topological polar surface area (TPSA) is 103 Å². The number of carbonyl (C=O) groups excluding carboxylic acids is 2. The monoisotopic (exact) mass is 295 g/mol. The highest BCUT2D eigenvalue weighted by atomic mass is 16.5. The van der Waals surface area contributed by atoms with Gasteiger partial charge in [-0.3, -0.25) is 9.59 Å². The number of hydrogen-bond donors (Lipinski definition) is 2. The molecule has 0 aliphatic carbocycles. The Hall–Kier alpha value is -2.31. The maximum absolute atomic E-state index is 12.0. The minimum absolute atomic E-state index is 0.199. The van der Waals surface area contributed by atoms with Crippen molar-refractivity contribution in [3.05, 3.63) is 28.7 Å². The molecule has 0 fully saturated rings. The number of carbonyl (C=O) groups is 2. The number of nitrogens with one attached hydrogen (secondary N) is 1. The van der Waals surface area contributed by atoms with Crippen LogP contribution in [0.2, 0.25) is 0 Å². The highest BCUT2D eigenvalue weighted by Gasteiger charge is 2.22. The van der Waals surface area contributed by atoms with Gasteiger partial charge in [-0.25, -0.2) is 4.79 Å². The van der Waals surface area contributed by atoms with E-state index in [1.165, 1.54) is 30.0 Å². The van der Waals surface area contributed by atoms with Crippen molar-refractivity contribution in [1.29, 1.82) is 0 Å². The number of nitrogens with two attached hydrogens (primary N) is 1. The van der Waals surface area contributed by atoms with E-state index in [0.717, 1.165) is 0 Å². The van der Waals surface area contributed by atoms with Crippen molar-refractivity contribution >= 4 is 17.6 Å². The van der Waals surface area contributed by atoms with Crippen LogP contribution >= 0.6 is 0 Å². The lowest BCUT2D eigenvalue weighted by atomic mass is 10.0. The lowest BCUT2D eigenvalue weighted by molar-refractivity contribution is -0.145. The average molecular weight is 295 g/mol. The molecule has 0 aliphatic heterocycles. The average Bonchev–Trinajstić information content (AvgIpc) is 2.40. The predicted octanol–water partition coefficient (Wildman–Crippen LogP) is 0.134. The summed E-state index contributed by atoms with van der Waals surface area (Å²) in [6.45, 7) is 3.67. The third-order valence-corrected chi connectivity index (χ3v) is 2.85. The fourth-order valence-corrected chi connectivity index (χ4v) is 1.90. The van der Waals surface area contributed by atoms with Gasteiger partial charge in [0.1, 0.15) is 12.6 Å². The number of rotatable bonds is 6. The SMILES string of the molecule is COC(=O)C(CC(C)C)NC(=O)Cn1cc(N)ccc1=O. The van der Waals surface area contributed by atoms with Gasteiger partial charge in [0.05, 0.1) is 7.11 Å². The van der Waals surface area contributed by atoms with Gasteiger partial charge in [0, 0.05) is 18.0 Å². The Morgan fingerprint density at radius 3 is 2.62 bits per heavy atom. The summed E-state index contributed by atoms with van der Waals surface area (Å²) in [5.41, 5.74) is 5.62. The molecule has 116 valence electrons. The fraction of sp³-hybridized carbons (Fsp3) is 0.500. The molecular weight excluding hydrogens is 274 g/mol. The molecule has 1 rings (SSSR count). The number of hydrogen-bond acceptors (Lipinski definition) is 5. The van der Waals surface area contributed by atoms with Crippen LogP contribution in [0.3, 0.4) is 0 Å². The molecule has 0 aliphatic rings. The van der Waals surface area contributed by atoms with Crippen LogP contribution in [-0.4, -0.2) is 29.6 Å². The molecule has 1 aromatic heterocycles. The van der Waals surface area contributed by atoms with Gasteiger partial charge in [-0.1, -0.05) is 13.8 Å². The normalized spacial score (nSPS) is 12.0. The van der Waals surface area contributed by atoms with Gasteiger partial charge >= 0.3 is 5.97 Å². The van der Waals surface area contributed by atoms with Gasteiger partial charge in [-0.15, -0.1) is 0 Å². The Bertz CT molecular complexity index is 566. The predicted molar refractivity (Wildman–Crippen MR) is 78.5 cm³/mol. The molecule has 1 heterocycles. The van der Waals surface area contributed by atoms with E-state index in [1.807, 2.05) is 13.8 Å². The van der Waals surface area contributed by atoms with Crippen molar-refractivity contribution in [3.63, 3.8) is 0 Å². The molecule has 0 radical (unpaired) electrons. The zero-order valence-electron chi connectivity index (χ0n) is 12.5. The van der Waals surface area contributed by atoms with E-state index in [9.17, 15) is 14.4 Å². The van der Waals surface area contributed by atoms with Gasteiger partial charge in [0.15, 0.2) is 0 Å². The molecule has 0 saturated heterocycles. The second-order valence-corrected chi connectivity index (χ2v) is 5.20. The lowest BCUT2D eigenvalue weighted by Crippen LogP contribution is -2.44. The fourth-order valence-electron chi connectivity index (χ4n) is 1.90. The smallest absolute Gasteiger partial charge is 0.328 e. The number of pyridine rings is 1. The summed E-state index contributed by atoms with van der Waals surface area (Å²) in [4.78, 5) is 35.2. The van der Waals surface area contributed by atoms with Crippen molar-refractivity contribution in [3.8, 4) is 0 Å². The third-order valence-electron chi connectivity index (χ3n) is 2.85. The quantitative estimate of drug-likeness (QED) is 0.726. The highest BCUT2D eigenvalue weighted by Crippen LogP contribution is 2.06. The molecule has 21 heavy (non-hydrogen) atoms. The van der Waals surface area contributed by atoms with Gasteiger partial charge in [0.25, 0.3) is 5.56 Å². The number of nitrogen functional groups attached to an aromatic ring is 1. The zero-order chi connectivity index (χ0) is 16.0. The summed E-state index contributed by atoms with van der Waals surface area (Å²) >= 11 is 0. The summed E-state index contributed by atoms with van der Waals surface area (Å²) in [6.07, 6.45) is 1.85. The summed E-state index contributed by atoms with van der Waals surface area (Å²) in [6, 6.07) is 2.03. The second kappa shape index (κ2) is 7.47. The van der Waals surface area contributed by atoms with Crippen LogP contribution in [0.1, 0.15) is 20.3 Å². The Balaban J connectivity index is 2.76. The van der Waals surface area contributed by atoms with Crippen molar-refractivity contribution in [2.75, 3.05) is 12.8 Å². The number of ether oxygens (including phenoxy) is 1. The Kier molecular flexibility index (Phi) is 5.95. The molecule has 1 atom stereocenters. The molecule has 3 N–H and O–H groups in total. The van der Waals surface area contributed by atoms with Crippen LogP contribution in [0.4, 0.5) is 5.69 Å². The van der Waals surface area contributed by atoms with E-state index in [-0.39, 0.29) is 18.0 Å². The van der Waals surface area contributed by atoms with Crippen molar-refractivity contribution in [1.82, 2.24) is 9.88 Å². The second-order valence-electron chi connectivity index (χ2n) is 5.20. The van der Waals surface area contributed by atoms with Gasteiger partial charge in [-0.05, 0) is 18.4 Å². The van der Waals surface area contributed by atoms with E-state index in [1.54, 1.807) is 0 Å². The first-order chi connectivity index (χ1) is 9.83. The molecule has 1 unspecified atom stereocenters. The summed E-state index contributed by atoms with van der Waals surface area (Å²) in [5.74, 6) is -0.736. The lowest BCUT2D eigenvalue weighted by Gasteiger charge is -2.18. The van der Waals surface area contributed by atoms with Crippen molar-refractivity contribution < 1.29 is 14.3 Å². The third kappa shape index (κ3) is 5.29. The number of amides is 1. The molecular formula is C14H21N3O4. The van der Waals surface area contributed by atoms with Gasteiger partial charge < -0.3 is 20.4 Å². The minimum Gasteiger partial charge on any atom is -0.467 e. The van der Waals surface area contributed by atoms with Crippen molar-refractivity contribution in [2.24, 2.45) is 5.92 Å². The summed E-state index contributed by atoms with van der Waals surface area (Å²) < 4.78 is 5.85. The van der Waals surface area contributed by atoms with Gasteiger partial charge in [-0.2, -0.15) is 0 Å². The Morgan fingerprint density at radius 2 is 2.05 bits per heavy atom. The van der Waals surface area contributed by atoms with Crippen LogP contribution in [0.15, 0.2) is 23.1 Å². The maximum Gasteiger partial charge on any atom is 0.328 e. The van der Waals surface area contributed by atoms with E-state index in [4.69, 9.17) is 5.73 Å². The van der Waals surface area contributed by atoms with E-state index in [0.29, 0.717) is 12.1 Å². The van der Waals surface area contributed by atoms with Crippen LogP contribution in [-0.2, 0) is 20.9 Å². The van der Waals surface area contributed by atoms with Crippen LogP contribution in [0, 0.1) is 5.92 Å². The number of esters is 1. The van der Waals surface area contributed by atoms with Crippen LogP contribution in [0.5, 0.6) is 0 Å². The van der Waals surface area contributed by atoms with Crippen LogP contribution < -0.4 is 16.6 Å². The maximum atomic E-state index is 12.0.